The van der Waals surface area contributed by atoms with Crippen molar-refractivity contribution in [1.82, 2.24) is 0 Å². The number of nitrogens with zero attached hydrogens (tertiary/aromatic N) is 1. The molecule has 0 saturated heterocycles. The third-order valence-electron chi connectivity index (χ3n) is 3.74. The van der Waals surface area contributed by atoms with E-state index in [4.69, 9.17) is 14.2 Å². The highest BCUT2D eigenvalue weighted by Crippen LogP contribution is 2.30. The molecule has 0 aliphatic heterocycles. The molecule has 0 unspecified atom stereocenters. The Labute approximate surface area is 159 Å². The van der Waals surface area contributed by atoms with Gasteiger partial charge in [-0.1, -0.05) is 25.1 Å². The number of hydrogen-bond donors (Lipinski definition) is 0. The fraction of sp³-hybridized carbons (Fsp3) is 0.273. The first kappa shape index (κ1) is 20.1. The molecule has 0 saturated carbocycles. The molecule has 0 spiro atoms. The SMILES string of the molecule is CCCOc1ccc(/C=C(\C#N)C(=O)c2cccc(OC)c2)cc1OCC. The molecule has 0 bridgehead atoms. The zero-order chi connectivity index (χ0) is 19.6. The predicted octanol–water partition coefficient (Wildman–Crippen LogP) is 4.67. The number of nitriles is 1. The molecule has 2 aromatic rings. The van der Waals surface area contributed by atoms with Gasteiger partial charge in [-0.2, -0.15) is 5.26 Å². The monoisotopic (exact) mass is 365 g/mol. The van der Waals surface area contributed by atoms with Crippen LogP contribution in [0.4, 0.5) is 0 Å². The van der Waals surface area contributed by atoms with Crippen LogP contribution >= 0.6 is 0 Å². The minimum atomic E-state index is -0.360. The highest BCUT2D eigenvalue weighted by atomic mass is 16.5. The summed E-state index contributed by atoms with van der Waals surface area (Å²) in [5.41, 5.74) is 1.12. The number of carbonyl (C=O) groups excluding carboxylic acids is 1. The summed E-state index contributed by atoms with van der Waals surface area (Å²) in [6.07, 6.45) is 2.44. The zero-order valence-electron chi connectivity index (χ0n) is 15.8. The van der Waals surface area contributed by atoms with Crippen molar-refractivity contribution in [3.05, 3.63) is 59.2 Å². The minimum Gasteiger partial charge on any atom is -0.497 e. The van der Waals surface area contributed by atoms with Crippen LogP contribution in [-0.4, -0.2) is 26.1 Å². The summed E-state index contributed by atoms with van der Waals surface area (Å²) in [5, 5.41) is 9.46. The molecule has 0 aliphatic rings. The largest absolute Gasteiger partial charge is 0.497 e. The maximum atomic E-state index is 12.7. The van der Waals surface area contributed by atoms with Crippen molar-refractivity contribution in [3.63, 3.8) is 0 Å². The summed E-state index contributed by atoms with van der Waals surface area (Å²) in [4.78, 5) is 12.7. The van der Waals surface area contributed by atoms with Crippen LogP contribution in [0.5, 0.6) is 17.2 Å². The number of rotatable bonds is 9. The molecule has 0 heterocycles. The van der Waals surface area contributed by atoms with Crippen molar-refractivity contribution in [3.8, 4) is 23.3 Å². The molecule has 140 valence electrons. The first-order valence-corrected chi connectivity index (χ1v) is 8.83. The number of Topliss-reactive ketones (excluding diaryl/α,β-unsaturated/α-hetero) is 1. The van der Waals surface area contributed by atoms with E-state index in [0.29, 0.717) is 41.6 Å². The summed E-state index contributed by atoms with van der Waals surface area (Å²) < 4.78 is 16.4. The number of hydrogen-bond acceptors (Lipinski definition) is 5. The molecule has 0 aromatic heterocycles. The van der Waals surface area contributed by atoms with E-state index in [9.17, 15) is 10.1 Å². The fourth-order valence-electron chi connectivity index (χ4n) is 2.45. The van der Waals surface area contributed by atoms with E-state index in [0.717, 1.165) is 6.42 Å². The second kappa shape index (κ2) is 10.0. The van der Waals surface area contributed by atoms with Gasteiger partial charge in [0, 0.05) is 5.56 Å². The molecule has 2 rings (SSSR count). The Balaban J connectivity index is 2.34. The first-order chi connectivity index (χ1) is 13.1. The number of allylic oxidation sites excluding steroid dienone is 1. The number of ketones is 1. The van der Waals surface area contributed by atoms with Gasteiger partial charge in [0.2, 0.25) is 5.78 Å². The molecular weight excluding hydrogens is 342 g/mol. The molecule has 2 aromatic carbocycles. The molecule has 0 fully saturated rings. The fourth-order valence-corrected chi connectivity index (χ4v) is 2.45. The zero-order valence-corrected chi connectivity index (χ0v) is 15.8. The van der Waals surface area contributed by atoms with E-state index >= 15 is 0 Å². The third kappa shape index (κ3) is 5.35. The van der Waals surface area contributed by atoms with Gasteiger partial charge in [0.05, 0.1) is 20.3 Å². The lowest BCUT2D eigenvalue weighted by molar-refractivity contribution is 0.103. The topological polar surface area (TPSA) is 68.5 Å². The van der Waals surface area contributed by atoms with E-state index < -0.39 is 0 Å². The van der Waals surface area contributed by atoms with Crippen molar-refractivity contribution in [2.45, 2.75) is 20.3 Å². The summed E-state index contributed by atoms with van der Waals surface area (Å²) in [6, 6.07) is 14.1. The van der Waals surface area contributed by atoms with Gasteiger partial charge in [-0.05, 0) is 49.2 Å². The maximum Gasteiger partial charge on any atom is 0.203 e. The van der Waals surface area contributed by atoms with E-state index in [1.807, 2.05) is 19.9 Å². The van der Waals surface area contributed by atoms with Crippen molar-refractivity contribution >= 4 is 11.9 Å². The molecule has 0 amide bonds. The second-order valence-electron chi connectivity index (χ2n) is 5.72. The Bertz CT molecular complexity index is 865. The lowest BCUT2D eigenvalue weighted by Crippen LogP contribution is -2.03. The Morgan fingerprint density at radius 1 is 1.11 bits per heavy atom. The third-order valence-corrected chi connectivity index (χ3v) is 3.74. The Hall–Kier alpha value is -3.26. The summed E-state index contributed by atoms with van der Waals surface area (Å²) in [6.45, 7) is 5.00. The van der Waals surface area contributed by atoms with Gasteiger partial charge in [0.25, 0.3) is 0 Å². The molecule has 0 atom stereocenters. The van der Waals surface area contributed by atoms with Gasteiger partial charge in [0.15, 0.2) is 11.5 Å². The molecule has 0 N–H and O–H groups in total. The van der Waals surface area contributed by atoms with Crippen molar-refractivity contribution in [1.29, 1.82) is 5.26 Å². The van der Waals surface area contributed by atoms with Crippen molar-refractivity contribution in [2.24, 2.45) is 0 Å². The van der Waals surface area contributed by atoms with Gasteiger partial charge in [-0.3, -0.25) is 4.79 Å². The van der Waals surface area contributed by atoms with Crippen LogP contribution in [0.2, 0.25) is 0 Å². The van der Waals surface area contributed by atoms with Gasteiger partial charge in [0.1, 0.15) is 17.4 Å². The lowest BCUT2D eigenvalue weighted by Gasteiger charge is -2.12. The van der Waals surface area contributed by atoms with Crippen LogP contribution in [0, 0.1) is 11.3 Å². The average molecular weight is 365 g/mol. The van der Waals surface area contributed by atoms with Gasteiger partial charge >= 0.3 is 0 Å². The van der Waals surface area contributed by atoms with Gasteiger partial charge in [-0.15, -0.1) is 0 Å². The average Bonchev–Trinajstić information content (AvgIpc) is 2.71. The van der Waals surface area contributed by atoms with Crippen LogP contribution in [0.3, 0.4) is 0 Å². The second-order valence-corrected chi connectivity index (χ2v) is 5.72. The van der Waals surface area contributed by atoms with Gasteiger partial charge in [-0.25, -0.2) is 0 Å². The van der Waals surface area contributed by atoms with Crippen LogP contribution < -0.4 is 14.2 Å². The van der Waals surface area contributed by atoms with E-state index in [1.165, 1.54) is 7.11 Å². The van der Waals surface area contributed by atoms with Crippen LogP contribution in [0.15, 0.2) is 48.0 Å². The quantitative estimate of drug-likeness (QED) is 0.367. The Kier molecular flexibility index (Phi) is 7.45. The highest BCUT2D eigenvalue weighted by Gasteiger charge is 2.14. The first-order valence-electron chi connectivity index (χ1n) is 8.83. The minimum absolute atomic E-state index is 0.0351. The molecule has 5 heteroatoms. The standard InChI is InChI=1S/C22H23NO4/c1-4-11-27-20-10-9-16(13-21(20)26-5-2)12-18(15-23)22(24)17-7-6-8-19(14-17)25-3/h6-10,12-14H,4-5,11H2,1-3H3/b18-12+. The van der Waals surface area contributed by atoms with E-state index in [-0.39, 0.29) is 11.4 Å². The van der Waals surface area contributed by atoms with Gasteiger partial charge < -0.3 is 14.2 Å². The van der Waals surface area contributed by atoms with Crippen molar-refractivity contribution < 1.29 is 19.0 Å². The van der Waals surface area contributed by atoms with Crippen LogP contribution in [0.1, 0.15) is 36.2 Å². The van der Waals surface area contributed by atoms with Crippen LogP contribution in [0.25, 0.3) is 6.08 Å². The molecular formula is C22H23NO4. The smallest absolute Gasteiger partial charge is 0.203 e. The molecule has 5 nitrogen and oxygen atoms in total. The molecule has 0 radical (unpaired) electrons. The Morgan fingerprint density at radius 3 is 2.59 bits per heavy atom. The summed E-state index contributed by atoms with van der Waals surface area (Å²) >= 11 is 0. The lowest BCUT2D eigenvalue weighted by atomic mass is 10.0. The normalized spacial score (nSPS) is 10.8. The number of benzene rings is 2. The molecule has 27 heavy (non-hydrogen) atoms. The summed E-state index contributed by atoms with van der Waals surface area (Å²) in [7, 11) is 1.53. The van der Waals surface area contributed by atoms with Crippen LogP contribution in [-0.2, 0) is 0 Å². The number of ether oxygens (including phenoxy) is 3. The number of methoxy groups -OCH3 is 1. The molecule has 0 aliphatic carbocycles. The summed E-state index contributed by atoms with van der Waals surface area (Å²) in [5.74, 6) is 1.44. The Morgan fingerprint density at radius 2 is 1.93 bits per heavy atom. The van der Waals surface area contributed by atoms with E-state index in [1.54, 1.807) is 48.5 Å². The maximum absolute atomic E-state index is 12.7. The van der Waals surface area contributed by atoms with Crippen molar-refractivity contribution in [2.75, 3.05) is 20.3 Å². The van der Waals surface area contributed by atoms with E-state index in [2.05, 4.69) is 0 Å². The predicted molar refractivity (Wildman–Crippen MR) is 104 cm³/mol. The highest BCUT2D eigenvalue weighted by molar-refractivity contribution is 6.14. The number of carbonyl (C=O) groups is 1.